The number of ether oxygens (including phenoxy) is 1. The Morgan fingerprint density at radius 3 is 2.19 bits per heavy atom. The predicted octanol–water partition coefficient (Wildman–Crippen LogP) is 2.13. The molecule has 0 unspecified atom stereocenters. The molecule has 2 aliphatic heterocycles. The Balaban J connectivity index is 1.56. The summed E-state index contributed by atoms with van der Waals surface area (Å²) in [5.74, 6) is -0.944. The molecule has 9 nitrogen and oxygen atoms in total. The number of hydrogen-bond donors (Lipinski definition) is 1. The molecule has 36 heavy (non-hydrogen) atoms. The van der Waals surface area contributed by atoms with Crippen molar-refractivity contribution < 1.29 is 27.1 Å². The van der Waals surface area contributed by atoms with Gasteiger partial charge in [0.1, 0.15) is 5.82 Å². The third-order valence-electron chi connectivity index (χ3n) is 6.46. The van der Waals surface area contributed by atoms with Crippen LogP contribution in [-0.2, 0) is 14.8 Å². The second-order valence-electron chi connectivity index (χ2n) is 8.78. The molecule has 0 spiro atoms. The third kappa shape index (κ3) is 5.53. The number of piperazine rings is 1. The van der Waals surface area contributed by atoms with Gasteiger partial charge in [-0.25, -0.2) is 17.5 Å². The normalized spacial score (nSPS) is 16.8. The average molecular weight is 519 g/mol. The Bertz CT molecular complexity index is 1240. The van der Waals surface area contributed by atoms with Crippen molar-refractivity contribution in [3.05, 3.63) is 53.3 Å². The van der Waals surface area contributed by atoms with Crippen molar-refractivity contribution in [3.8, 4) is 0 Å². The number of hydrogen-bond acceptors (Lipinski definition) is 7. The molecule has 2 saturated heterocycles. The predicted molar refractivity (Wildman–Crippen MR) is 135 cm³/mol. The Kier molecular flexibility index (Phi) is 7.91. The number of halogens is 1. The second-order valence-corrected chi connectivity index (χ2v) is 10.5. The zero-order valence-corrected chi connectivity index (χ0v) is 21.3. The van der Waals surface area contributed by atoms with E-state index in [2.05, 4.69) is 4.72 Å². The van der Waals surface area contributed by atoms with E-state index < -0.39 is 15.8 Å². The number of amides is 1. The Hall–Kier alpha value is -3.02. The summed E-state index contributed by atoms with van der Waals surface area (Å²) in [6.07, 6.45) is 0. The number of nitrogens with zero attached hydrogens (tertiary/aromatic N) is 3. The highest BCUT2D eigenvalue weighted by atomic mass is 32.2. The van der Waals surface area contributed by atoms with E-state index in [-0.39, 0.29) is 23.1 Å². The van der Waals surface area contributed by atoms with E-state index in [0.717, 1.165) is 0 Å². The molecular weight excluding hydrogens is 487 g/mol. The van der Waals surface area contributed by atoms with Crippen molar-refractivity contribution in [2.24, 2.45) is 0 Å². The lowest BCUT2D eigenvalue weighted by Crippen LogP contribution is -2.49. The molecule has 11 heteroatoms. The summed E-state index contributed by atoms with van der Waals surface area (Å²) in [6.45, 7) is 7.09. The van der Waals surface area contributed by atoms with Gasteiger partial charge in [-0.05, 0) is 43.3 Å². The Labute approximate surface area is 210 Å². The highest BCUT2D eigenvalue weighted by Crippen LogP contribution is 2.28. The zero-order valence-electron chi connectivity index (χ0n) is 20.5. The van der Waals surface area contributed by atoms with Crippen LogP contribution < -0.4 is 14.5 Å². The van der Waals surface area contributed by atoms with Gasteiger partial charge < -0.3 is 19.4 Å². The van der Waals surface area contributed by atoms with Gasteiger partial charge in [0.25, 0.3) is 5.91 Å². The molecule has 0 aliphatic carbocycles. The number of rotatable bonds is 7. The zero-order chi connectivity index (χ0) is 25.9. The minimum atomic E-state index is -3.74. The SMILES string of the molecule is CCNS(=O)(=O)c1ccc(N2CCOCC2)c(C(=O)N2CCN(c3ccc(C(C)=O)cc3F)CC2)c1. The topological polar surface area (TPSA) is 99.3 Å². The number of Topliss-reactive ketones (excluding diaryl/α,β-unsaturated/α-hetero) is 1. The quantitative estimate of drug-likeness (QED) is 0.561. The molecule has 0 radical (unpaired) electrons. The van der Waals surface area contributed by atoms with Gasteiger partial charge in [-0.15, -0.1) is 0 Å². The molecule has 2 heterocycles. The van der Waals surface area contributed by atoms with Gasteiger partial charge in [0.05, 0.1) is 29.4 Å². The molecule has 194 valence electrons. The first-order chi connectivity index (χ1) is 17.2. The summed E-state index contributed by atoms with van der Waals surface area (Å²) in [5, 5.41) is 0. The van der Waals surface area contributed by atoms with Crippen molar-refractivity contribution in [2.45, 2.75) is 18.7 Å². The molecule has 2 fully saturated rings. The van der Waals surface area contributed by atoms with Crippen LogP contribution in [0.5, 0.6) is 0 Å². The minimum absolute atomic E-state index is 0.0379. The molecule has 1 amide bonds. The highest BCUT2D eigenvalue weighted by Gasteiger charge is 2.28. The largest absolute Gasteiger partial charge is 0.378 e. The summed E-state index contributed by atoms with van der Waals surface area (Å²) < 4.78 is 47.8. The molecule has 1 N–H and O–H groups in total. The molecule has 0 saturated carbocycles. The summed E-state index contributed by atoms with van der Waals surface area (Å²) in [5.41, 5.74) is 1.70. The maximum atomic E-state index is 14.6. The molecular formula is C25H31FN4O5S. The van der Waals surface area contributed by atoms with Gasteiger partial charge in [0.2, 0.25) is 10.0 Å². The van der Waals surface area contributed by atoms with Crippen molar-refractivity contribution in [2.75, 3.05) is 68.8 Å². The summed E-state index contributed by atoms with van der Waals surface area (Å²) in [4.78, 5) is 30.8. The van der Waals surface area contributed by atoms with Crippen LogP contribution in [0.1, 0.15) is 34.6 Å². The molecule has 0 bridgehead atoms. The molecule has 0 aromatic heterocycles. The van der Waals surface area contributed by atoms with Gasteiger partial charge in [0.15, 0.2) is 5.78 Å². The van der Waals surface area contributed by atoms with Crippen LogP contribution in [0.15, 0.2) is 41.3 Å². The number of anilines is 2. The number of morpholine rings is 1. The van der Waals surface area contributed by atoms with Gasteiger partial charge in [-0.1, -0.05) is 6.92 Å². The second kappa shape index (κ2) is 10.9. The lowest BCUT2D eigenvalue weighted by atomic mass is 10.1. The van der Waals surface area contributed by atoms with Crippen LogP contribution >= 0.6 is 0 Å². The fourth-order valence-corrected chi connectivity index (χ4v) is 5.58. The summed E-state index contributed by atoms with van der Waals surface area (Å²) in [6, 6.07) is 9.08. The van der Waals surface area contributed by atoms with Crippen molar-refractivity contribution in [1.82, 2.24) is 9.62 Å². The Morgan fingerprint density at radius 2 is 1.58 bits per heavy atom. The lowest BCUT2D eigenvalue weighted by molar-refractivity contribution is 0.0745. The van der Waals surface area contributed by atoms with Gasteiger partial charge >= 0.3 is 0 Å². The number of benzene rings is 2. The van der Waals surface area contributed by atoms with Crippen LogP contribution in [0.4, 0.5) is 15.8 Å². The van der Waals surface area contributed by atoms with Gasteiger partial charge in [-0.2, -0.15) is 0 Å². The van der Waals surface area contributed by atoms with Gasteiger partial charge in [0, 0.05) is 57.1 Å². The number of carbonyl (C=O) groups is 2. The fraction of sp³-hybridized carbons (Fsp3) is 0.440. The van der Waals surface area contributed by atoms with Crippen LogP contribution in [0.3, 0.4) is 0 Å². The summed E-state index contributed by atoms with van der Waals surface area (Å²) in [7, 11) is -3.74. The third-order valence-corrected chi connectivity index (χ3v) is 8.00. The average Bonchev–Trinajstić information content (AvgIpc) is 2.88. The lowest BCUT2D eigenvalue weighted by Gasteiger charge is -2.37. The van der Waals surface area contributed by atoms with E-state index in [1.54, 1.807) is 30.0 Å². The van der Waals surface area contributed by atoms with Crippen LogP contribution in [0.25, 0.3) is 0 Å². The molecule has 4 rings (SSSR count). The van der Waals surface area contributed by atoms with Crippen molar-refractivity contribution in [1.29, 1.82) is 0 Å². The van der Waals surface area contributed by atoms with E-state index in [9.17, 15) is 22.4 Å². The summed E-state index contributed by atoms with van der Waals surface area (Å²) >= 11 is 0. The number of sulfonamides is 1. The van der Waals surface area contributed by atoms with E-state index in [4.69, 9.17) is 4.74 Å². The molecule has 2 aromatic carbocycles. The monoisotopic (exact) mass is 518 g/mol. The first-order valence-corrected chi connectivity index (χ1v) is 13.5. The first-order valence-electron chi connectivity index (χ1n) is 12.0. The van der Waals surface area contributed by atoms with Crippen molar-refractivity contribution in [3.63, 3.8) is 0 Å². The maximum Gasteiger partial charge on any atom is 0.256 e. The highest BCUT2D eigenvalue weighted by molar-refractivity contribution is 7.89. The molecule has 2 aromatic rings. The number of carbonyl (C=O) groups excluding carboxylic acids is 2. The van der Waals surface area contributed by atoms with E-state index in [1.807, 2.05) is 9.80 Å². The van der Waals surface area contributed by atoms with E-state index in [1.165, 1.54) is 25.1 Å². The van der Waals surface area contributed by atoms with Crippen LogP contribution in [-0.4, -0.2) is 84.0 Å². The standard InChI is InChI=1S/C25H31FN4O5S/c1-3-27-36(33,34)20-5-7-23(29-12-14-35-15-13-29)21(17-20)25(32)30-10-8-28(9-11-30)24-6-4-19(18(2)31)16-22(24)26/h4-7,16-17,27H,3,8-15H2,1-2H3. The van der Waals surface area contributed by atoms with Crippen LogP contribution in [0.2, 0.25) is 0 Å². The first kappa shape index (κ1) is 26.1. The number of nitrogens with one attached hydrogen (secondary N) is 1. The Morgan fingerprint density at radius 1 is 0.944 bits per heavy atom. The van der Waals surface area contributed by atoms with Crippen LogP contribution in [0, 0.1) is 5.82 Å². The van der Waals surface area contributed by atoms with Crippen molar-refractivity contribution >= 4 is 33.1 Å². The minimum Gasteiger partial charge on any atom is -0.378 e. The van der Waals surface area contributed by atoms with E-state index in [0.29, 0.717) is 75.0 Å². The molecule has 0 atom stereocenters. The fourth-order valence-electron chi connectivity index (χ4n) is 4.51. The maximum absolute atomic E-state index is 14.6. The molecule has 2 aliphatic rings. The van der Waals surface area contributed by atoms with E-state index >= 15 is 0 Å². The smallest absolute Gasteiger partial charge is 0.256 e. The number of ketones is 1. The van der Waals surface area contributed by atoms with Gasteiger partial charge in [-0.3, -0.25) is 9.59 Å².